The number of carbonyl (C=O) groups excluding carboxylic acids is 1. The molecule has 0 aromatic heterocycles. The zero-order valence-corrected chi connectivity index (χ0v) is 10.7. The van der Waals surface area contributed by atoms with Crippen molar-refractivity contribution in [1.82, 2.24) is 0 Å². The number of hydrogen-bond donors (Lipinski definition) is 2. The highest BCUT2D eigenvalue weighted by Crippen LogP contribution is 2.25. The van der Waals surface area contributed by atoms with Crippen molar-refractivity contribution in [2.75, 3.05) is 5.73 Å². The molecule has 2 aromatic carbocycles. The minimum Gasteiger partial charge on any atom is -0.457 e. The van der Waals surface area contributed by atoms with Crippen LogP contribution in [0.2, 0.25) is 0 Å². The van der Waals surface area contributed by atoms with Gasteiger partial charge in [-0.15, -0.1) is 0 Å². The second-order valence-electron chi connectivity index (χ2n) is 4.19. The molecule has 100 valence electrons. The van der Waals surface area contributed by atoms with Gasteiger partial charge in [0.2, 0.25) is 5.91 Å². The van der Waals surface area contributed by atoms with Gasteiger partial charge in [-0.05, 0) is 48.0 Å². The molecule has 0 saturated carbocycles. The van der Waals surface area contributed by atoms with Crippen molar-refractivity contribution >= 4 is 11.6 Å². The van der Waals surface area contributed by atoms with E-state index >= 15 is 0 Å². The summed E-state index contributed by atoms with van der Waals surface area (Å²) in [5.41, 5.74) is 12.6. The Hall–Kier alpha value is -3.00. The number of rotatable bonds is 4. The van der Waals surface area contributed by atoms with Crippen LogP contribution in [0.15, 0.2) is 42.5 Å². The molecule has 0 aliphatic rings. The number of benzene rings is 2. The van der Waals surface area contributed by atoms with Crippen molar-refractivity contribution in [3.8, 4) is 17.6 Å². The molecule has 0 heterocycles. The lowest BCUT2D eigenvalue weighted by Gasteiger charge is -2.08. The Morgan fingerprint density at radius 1 is 1.15 bits per heavy atom. The van der Waals surface area contributed by atoms with Crippen molar-refractivity contribution in [2.45, 2.75) is 6.42 Å². The highest BCUT2D eigenvalue weighted by atomic mass is 16.5. The van der Waals surface area contributed by atoms with Crippen molar-refractivity contribution in [3.05, 3.63) is 53.6 Å². The van der Waals surface area contributed by atoms with Crippen LogP contribution in [0.5, 0.6) is 11.5 Å². The van der Waals surface area contributed by atoms with E-state index in [1.165, 1.54) is 0 Å². The Morgan fingerprint density at radius 3 is 2.40 bits per heavy atom. The molecule has 20 heavy (non-hydrogen) atoms. The molecule has 0 unspecified atom stereocenters. The molecular weight excluding hydrogens is 254 g/mol. The summed E-state index contributed by atoms with van der Waals surface area (Å²) in [4.78, 5) is 11.0. The molecular formula is C15H13N3O2. The van der Waals surface area contributed by atoms with Crippen LogP contribution in [0.4, 0.5) is 5.69 Å². The average molecular weight is 267 g/mol. The second kappa shape index (κ2) is 5.76. The lowest BCUT2D eigenvalue weighted by molar-refractivity contribution is 0.100. The van der Waals surface area contributed by atoms with Gasteiger partial charge in [0.1, 0.15) is 11.5 Å². The number of ether oxygens (including phenoxy) is 1. The van der Waals surface area contributed by atoms with Crippen molar-refractivity contribution in [2.24, 2.45) is 5.73 Å². The first-order chi connectivity index (χ1) is 9.60. The van der Waals surface area contributed by atoms with E-state index in [4.69, 9.17) is 21.5 Å². The first kappa shape index (κ1) is 13.4. The zero-order valence-electron chi connectivity index (χ0n) is 10.7. The first-order valence-electron chi connectivity index (χ1n) is 5.93. The monoisotopic (exact) mass is 267 g/mol. The fourth-order valence-corrected chi connectivity index (χ4v) is 1.71. The maximum absolute atomic E-state index is 11.0. The average Bonchev–Trinajstić information content (AvgIpc) is 2.43. The standard InChI is InChI=1S/C15H13N3O2/c16-8-7-11-9-13(5-6-14(11)17)20-12-3-1-10(2-4-12)15(18)19/h1-6,9H,7,17H2,(H2,18,19). The van der Waals surface area contributed by atoms with E-state index in [9.17, 15) is 4.79 Å². The van der Waals surface area contributed by atoms with Gasteiger partial charge in [-0.2, -0.15) is 5.26 Å². The highest BCUT2D eigenvalue weighted by molar-refractivity contribution is 5.92. The minimum atomic E-state index is -0.486. The molecule has 0 aliphatic heterocycles. The summed E-state index contributed by atoms with van der Waals surface area (Å²) in [6, 6.07) is 13.7. The molecule has 5 heteroatoms. The molecule has 0 atom stereocenters. The second-order valence-corrected chi connectivity index (χ2v) is 4.19. The van der Waals surface area contributed by atoms with Gasteiger partial charge in [0.05, 0.1) is 12.5 Å². The third-order valence-electron chi connectivity index (χ3n) is 2.76. The van der Waals surface area contributed by atoms with Gasteiger partial charge in [-0.1, -0.05) is 0 Å². The number of carbonyl (C=O) groups is 1. The SMILES string of the molecule is N#CCc1cc(Oc2ccc(C(N)=O)cc2)ccc1N. The highest BCUT2D eigenvalue weighted by Gasteiger charge is 2.04. The Labute approximate surface area is 116 Å². The summed E-state index contributed by atoms with van der Waals surface area (Å²) in [5, 5.41) is 8.72. The molecule has 1 amide bonds. The fourth-order valence-electron chi connectivity index (χ4n) is 1.71. The van der Waals surface area contributed by atoms with Crippen molar-refractivity contribution in [1.29, 1.82) is 5.26 Å². The normalized spacial score (nSPS) is 9.75. The summed E-state index contributed by atoms with van der Waals surface area (Å²) in [7, 11) is 0. The molecule has 5 nitrogen and oxygen atoms in total. The van der Waals surface area contributed by atoms with E-state index in [-0.39, 0.29) is 6.42 Å². The zero-order chi connectivity index (χ0) is 14.5. The first-order valence-corrected chi connectivity index (χ1v) is 5.93. The van der Waals surface area contributed by atoms with Crippen LogP contribution in [-0.2, 0) is 6.42 Å². The summed E-state index contributed by atoms with van der Waals surface area (Å²) in [6.07, 6.45) is 0.226. The predicted molar refractivity (Wildman–Crippen MR) is 75.2 cm³/mol. The Kier molecular flexibility index (Phi) is 3.87. The van der Waals surface area contributed by atoms with Crippen molar-refractivity contribution < 1.29 is 9.53 Å². The molecule has 2 aromatic rings. The van der Waals surface area contributed by atoms with Gasteiger partial charge >= 0.3 is 0 Å². The Bertz CT molecular complexity index is 673. The fraction of sp³-hybridized carbons (Fsp3) is 0.0667. The van der Waals surface area contributed by atoms with E-state index in [0.29, 0.717) is 22.7 Å². The van der Waals surface area contributed by atoms with E-state index in [1.807, 2.05) is 6.07 Å². The largest absolute Gasteiger partial charge is 0.457 e. The number of primary amides is 1. The molecule has 0 aliphatic carbocycles. The van der Waals surface area contributed by atoms with E-state index in [2.05, 4.69) is 0 Å². The van der Waals surface area contributed by atoms with Crippen LogP contribution < -0.4 is 16.2 Å². The smallest absolute Gasteiger partial charge is 0.248 e. The van der Waals surface area contributed by atoms with Gasteiger partial charge in [0, 0.05) is 11.3 Å². The topological polar surface area (TPSA) is 102 Å². The van der Waals surface area contributed by atoms with E-state index in [1.54, 1.807) is 42.5 Å². The summed E-state index contributed by atoms with van der Waals surface area (Å²) in [6.45, 7) is 0. The summed E-state index contributed by atoms with van der Waals surface area (Å²) < 4.78 is 5.64. The van der Waals surface area contributed by atoms with Crippen LogP contribution >= 0.6 is 0 Å². The number of anilines is 1. The number of nitriles is 1. The maximum Gasteiger partial charge on any atom is 0.248 e. The molecule has 0 bridgehead atoms. The third kappa shape index (κ3) is 3.06. The number of nitrogen functional groups attached to an aromatic ring is 1. The maximum atomic E-state index is 11.0. The van der Waals surface area contributed by atoms with Crippen LogP contribution in [0.1, 0.15) is 15.9 Å². The quantitative estimate of drug-likeness (QED) is 0.829. The number of nitrogens with zero attached hydrogens (tertiary/aromatic N) is 1. The van der Waals surface area contributed by atoms with Crippen LogP contribution in [-0.4, -0.2) is 5.91 Å². The molecule has 0 radical (unpaired) electrons. The third-order valence-corrected chi connectivity index (χ3v) is 2.76. The Morgan fingerprint density at radius 2 is 1.80 bits per heavy atom. The summed E-state index contributed by atoms with van der Waals surface area (Å²) >= 11 is 0. The molecule has 0 fully saturated rings. The van der Waals surface area contributed by atoms with Gasteiger partial charge in [-0.25, -0.2) is 0 Å². The van der Waals surface area contributed by atoms with Gasteiger partial charge in [-0.3, -0.25) is 4.79 Å². The molecule has 2 rings (SSSR count). The predicted octanol–water partition coefficient (Wildman–Crippen LogP) is 2.23. The van der Waals surface area contributed by atoms with Crippen molar-refractivity contribution in [3.63, 3.8) is 0 Å². The lowest BCUT2D eigenvalue weighted by atomic mass is 10.1. The van der Waals surface area contributed by atoms with Gasteiger partial charge < -0.3 is 16.2 Å². The lowest BCUT2D eigenvalue weighted by Crippen LogP contribution is -2.10. The number of hydrogen-bond acceptors (Lipinski definition) is 4. The van der Waals surface area contributed by atoms with E-state index in [0.717, 1.165) is 5.56 Å². The van der Waals surface area contributed by atoms with Crippen LogP contribution in [0, 0.1) is 11.3 Å². The van der Waals surface area contributed by atoms with Gasteiger partial charge in [0.25, 0.3) is 0 Å². The summed E-state index contributed by atoms with van der Waals surface area (Å²) in [5.74, 6) is 0.666. The van der Waals surface area contributed by atoms with Crippen LogP contribution in [0.25, 0.3) is 0 Å². The van der Waals surface area contributed by atoms with E-state index < -0.39 is 5.91 Å². The number of nitrogens with two attached hydrogens (primary N) is 2. The van der Waals surface area contributed by atoms with Gasteiger partial charge in [0.15, 0.2) is 0 Å². The minimum absolute atomic E-state index is 0.226. The van der Waals surface area contributed by atoms with Crippen LogP contribution in [0.3, 0.4) is 0 Å². The number of amides is 1. The molecule has 0 saturated heterocycles. The Balaban J connectivity index is 2.19. The molecule has 4 N–H and O–H groups in total. The molecule has 0 spiro atoms.